The number of benzene rings is 12. The van der Waals surface area contributed by atoms with Gasteiger partial charge < -0.3 is 19.0 Å². The highest BCUT2D eigenvalue weighted by molar-refractivity contribution is 6.20. The van der Waals surface area contributed by atoms with Crippen molar-refractivity contribution in [3.05, 3.63) is 324 Å². The lowest BCUT2D eigenvalue weighted by atomic mass is 9.71. The highest BCUT2D eigenvalue weighted by Crippen LogP contribution is 2.70. The van der Waals surface area contributed by atoms with Gasteiger partial charge in [-0.2, -0.15) is 0 Å². The van der Waals surface area contributed by atoms with Crippen molar-refractivity contribution in [2.24, 2.45) is 0 Å². The molecule has 1 aliphatic heterocycles. The van der Waals surface area contributed by atoms with E-state index in [1.807, 2.05) is 0 Å². The molecule has 14 aromatic rings. The molecule has 12 aromatic carbocycles. The van der Waals surface area contributed by atoms with Gasteiger partial charge in [0.15, 0.2) is 0 Å². The first-order valence-electron chi connectivity index (χ1n) is 33.1. The Bertz CT molecular complexity index is 5500. The van der Waals surface area contributed by atoms with E-state index in [-0.39, 0.29) is 22.9 Å². The first-order valence-corrected chi connectivity index (χ1v) is 33.1. The number of aromatic nitrogens is 1. The van der Waals surface area contributed by atoms with Crippen LogP contribution in [0.25, 0.3) is 88.0 Å². The van der Waals surface area contributed by atoms with Crippen molar-refractivity contribution < 1.29 is 9.15 Å². The standard InChI is InChI=1S/C89H69N3O2/c1-54-48-72-69-22-12-15-25-73(69)89(86(72)90-53-54)74-51-76(91(67-44-36-63(37-45-67)87(2,3)4)65-40-32-57(33-41-65)61-30-28-55-18-8-10-20-59(55)49-61)80-70-23-13-16-26-78(70)93-84(80)82(74)83-75(89)52-77(81-71-24-14-17-27-79(71)94-85(81)83)92(68-46-38-64(39-47-68)88(5,6)7)66-42-34-58(35-43-66)62-31-29-56-19-9-11-21-60(56)50-62/h8-53,70,78H,1-7H3. The average Bonchev–Trinajstić information content (AvgIpc) is 1.49. The monoisotopic (exact) mass is 1210 g/mol. The number of hydrogen-bond donors (Lipinski definition) is 0. The lowest BCUT2D eigenvalue weighted by Gasteiger charge is -2.34. The number of fused-ring (bicyclic) bond motifs is 20. The predicted octanol–water partition coefficient (Wildman–Crippen LogP) is 23.8. The van der Waals surface area contributed by atoms with Crippen LogP contribution in [0.1, 0.15) is 92.1 Å². The van der Waals surface area contributed by atoms with Gasteiger partial charge in [0, 0.05) is 62.5 Å². The van der Waals surface area contributed by atoms with Gasteiger partial charge in [0.1, 0.15) is 23.0 Å². The van der Waals surface area contributed by atoms with Gasteiger partial charge in [0.05, 0.1) is 27.9 Å². The van der Waals surface area contributed by atoms with Gasteiger partial charge in [-0.05, 0) is 192 Å². The zero-order valence-electron chi connectivity index (χ0n) is 53.9. The number of anilines is 6. The lowest BCUT2D eigenvalue weighted by Crippen LogP contribution is -2.28. The summed E-state index contributed by atoms with van der Waals surface area (Å²) < 4.78 is 15.4. The molecule has 3 aliphatic carbocycles. The first-order chi connectivity index (χ1) is 45.8. The fourth-order valence-electron chi connectivity index (χ4n) is 15.9. The second-order valence-corrected chi connectivity index (χ2v) is 28.2. The minimum absolute atomic E-state index is 0.0552. The zero-order chi connectivity index (χ0) is 63.4. The van der Waals surface area contributed by atoms with Crippen molar-refractivity contribution in [3.63, 3.8) is 0 Å². The van der Waals surface area contributed by atoms with E-state index in [1.54, 1.807) is 0 Å². The van der Waals surface area contributed by atoms with Crippen molar-refractivity contribution in [2.75, 3.05) is 9.80 Å². The Labute approximate surface area is 549 Å². The second-order valence-electron chi connectivity index (χ2n) is 28.2. The molecular formula is C89H69N3O2. The van der Waals surface area contributed by atoms with Crippen LogP contribution in [0.2, 0.25) is 0 Å². The van der Waals surface area contributed by atoms with Crippen LogP contribution in [0.5, 0.6) is 5.75 Å². The minimum Gasteiger partial charge on any atom is -0.484 e. The number of aryl methyl sites for hydroxylation is 1. The molecule has 0 radical (unpaired) electrons. The Morgan fingerprint density at radius 2 is 0.936 bits per heavy atom. The van der Waals surface area contributed by atoms with Crippen LogP contribution in [-0.4, -0.2) is 11.1 Å². The van der Waals surface area contributed by atoms with Gasteiger partial charge in [-0.1, -0.05) is 224 Å². The summed E-state index contributed by atoms with van der Waals surface area (Å²) in [5, 5.41) is 6.96. The smallest absolute Gasteiger partial charge is 0.145 e. The van der Waals surface area contributed by atoms with Gasteiger partial charge in [-0.25, -0.2) is 0 Å². The number of furan rings is 1. The molecule has 3 heterocycles. The van der Waals surface area contributed by atoms with Crippen LogP contribution in [0, 0.1) is 6.92 Å². The van der Waals surface area contributed by atoms with Crippen molar-refractivity contribution >= 4 is 77.6 Å². The predicted molar refractivity (Wildman–Crippen MR) is 391 cm³/mol. The second kappa shape index (κ2) is 20.8. The Kier molecular flexibility index (Phi) is 12.3. The third-order valence-electron chi connectivity index (χ3n) is 20.5. The van der Waals surface area contributed by atoms with E-state index < -0.39 is 5.41 Å². The van der Waals surface area contributed by atoms with Crippen LogP contribution in [0.4, 0.5) is 34.1 Å². The molecule has 452 valence electrons. The molecule has 5 nitrogen and oxygen atoms in total. The number of nitrogens with zero attached hydrogens (tertiary/aromatic N) is 3. The van der Waals surface area contributed by atoms with E-state index in [4.69, 9.17) is 14.1 Å². The van der Waals surface area contributed by atoms with E-state index in [2.05, 4.69) is 337 Å². The summed E-state index contributed by atoms with van der Waals surface area (Å²) in [6.07, 6.45) is 10.7. The fourth-order valence-corrected chi connectivity index (χ4v) is 15.9. The molecule has 3 unspecified atom stereocenters. The van der Waals surface area contributed by atoms with Crippen molar-refractivity contribution in [2.45, 2.75) is 76.7 Å². The maximum atomic E-state index is 7.76. The largest absolute Gasteiger partial charge is 0.484 e. The molecule has 94 heavy (non-hydrogen) atoms. The highest BCUT2D eigenvalue weighted by Gasteiger charge is 2.57. The number of rotatable bonds is 8. The summed E-state index contributed by atoms with van der Waals surface area (Å²) in [5.41, 5.74) is 24.9. The van der Waals surface area contributed by atoms with Crippen LogP contribution in [-0.2, 0) is 16.2 Å². The summed E-state index contributed by atoms with van der Waals surface area (Å²) >= 11 is 0. The van der Waals surface area contributed by atoms with Crippen LogP contribution in [0.15, 0.2) is 284 Å². The van der Waals surface area contributed by atoms with Crippen molar-refractivity contribution in [1.82, 2.24) is 4.98 Å². The Morgan fingerprint density at radius 3 is 1.54 bits per heavy atom. The third-order valence-corrected chi connectivity index (χ3v) is 20.5. The number of ether oxygens (including phenoxy) is 1. The Hall–Kier alpha value is -11.0. The summed E-state index contributed by atoms with van der Waals surface area (Å²) in [7, 11) is 0. The van der Waals surface area contributed by atoms with Gasteiger partial charge >= 0.3 is 0 Å². The van der Waals surface area contributed by atoms with Gasteiger partial charge in [0.25, 0.3) is 0 Å². The fraction of sp³-hybridized carbons (Fsp3) is 0.135. The maximum Gasteiger partial charge on any atom is 0.145 e. The Morgan fingerprint density at radius 1 is 0.436 bits per heavy atom. The van der Waals surface area contributed by atoms with E-state index in [1.165, 1.54) is 54.9 Å². The molecule has 0 fully saturated rings. The quantitative estimate of drug-likeness (QED) is 0.152. The van der Waals surface area contributed by atoms with Gasteiger partial charge in [-0.3, -0.25) is 4.98 Å². The lowest BCUT2D eigenvalue weighted by molar-refractivity contribution is 0.269. The molecule has 18 rings (SSSR count). The molecule has 4 aliphatic rings. The molecule has 0 saturated carbocycles. The number of allylic oxidation sites excluding steroid dienone is 2. The van der Waals surface area contributed by atoms with E-state index in [0.29, 0.717) is 0 Å². The molecule has 0 N–H and O–H groups in total. The molecule has 0 amide bonds. The molecule has 2 aromatic heterocycles. The third kappa shape index (κ3) is 8.49. The summed E-state index contributed by atoms with van der Waals surface area (Å²) in [5.74, 6) is 0.763. The molecule has 3 atom stereocenters. The summed E-state index contributed by atoms with van der Waals surface area (Å²) in [6.45, 7) is 15.9. The van der Waals surface area contributed by atoms with Crippen LogP contribution in [0.3, 0.4) is 0 Å². The zero-order valence-corrected chi connectivity index (χ0v) is 53.9. The normalized spacial score (nSPS) is 16.5. The van der Waals surface area contributed by atoms with E-state index >= 15 is 0 Å². The number of para-hydroxylation sites is 1. The topological polar surface area (TPSA) is 41.7 Å². The maximum absolute atomic E-state index is 7.76. The van der Waals surface area contributed by atoms with E-state index in [0.717, 1.165) is 118 Å². The van der Waals surface area contributed by atoms with Gasteiger partial charge in [0.2, 0.25) is 0 Å². The average molecular weight is 1210 g/mol. The molecular weight excluding hydrogens is 1140 g/mol. The molecule has 0 saturated heterocycles. The number of pyridine rings is 1. The van der Waals surface area contributed by atoms with Crippen molar-refractivity contribution in [3.8, 4) is 50.3 Å². The molecule has 5 heteroatoms. The first kappa shape index (κ1) is 55.8. The summed E-state index contributed by atoms with van der Waals surface area (Å²) in [6, 6.07) is 92.7. The Balaban J connectivity index is 0.939. The SMILES string of the molecule is Cc1cnc2c(c1)-c1ccccc1C21c2cc(N(c3ccc(-c4ccc5ccccc5c4)cc3)c3ccc(C(C)(C)C)cc3)c3c(c2-c2c1cc(N(c1ccc(-c4ccc5ccccc5c4)cc1)c1ccc(C(C)(C)C)cc1)c1c2oc2ccccc21)OC1C=CC=CC31. The van der Waals surface area contributed by atoms with Crippen LogP contribution < -0.4 is 14.5 Å². The summed E-state index contributed by atoms with van der Waals surface area (Å²) in [4.78, 5) is 10.7. The highest BCUT2D eigenvalue weighted by atomic mass is 16.5. The number of hydrogen-bond acceptors (Lipinski definition) is 5. The van der Waals surface area contributed by atoms with Gasteiger partial charge in [-0.15, -0.1) is 0 Å². The van der Waals surface area contributed by atoms with Crippen LogP contribution >= 0.6 is 0 Å². The molecule has 0 bridgehead atoms. The molecule has 1 spiro atoms. The minimum atomic E-state index is -0.970. The van der Waals surface area contributed by atoms with Crippen molar-refractivity contribution in [1.29, 1.82) is 0 Å². The van der Waals surface area contributed by atoms with E-state index in [9.17, 15) is 0 Å².